The van der Waals surface area contributed by atoms with E-state index in [1.54, 1.807) is 12.1 Å². The summed E-state index contributed by atoms with van der Waals surface area (Å²) in [5.41, 5.74) is 2.45. The summed E-state index contributed by atoms with van der Waals surface area (Å²) in [6.07, 6.45) is 0. The van der Waals surface area contributed by atoms with Crippen LogP contribution in [0.4, 0.5) is 0 Å². The largest absolute Gasteiger partial charge is 0.569 e. The predicted molar refractivity (Wildman–Crippen MR) is 68.0 cm³/mol. The van der Waals surface area contributed by atoms with Gasteiger partial charge in [-0.25, -0.2) is 4.98 Å². The van der Waals surface area contributed by atoms with E-state index in [0.29, 0.717) is 19.3 Å². The van der Waals surface area contributed by atoms with Crippen LogP contribution in [0.25, 0.3) is 22.6 Å². The Hall–Kier alpha value is -2.27. The lowest BCUT2D eigenvalue weighted by molar-refractivity contribution is 0.454. The van der Waals surface area contributed by atoms with Gasteiger partial charge in [0, 0.05) is 5.56 Å². The lowest BCUT2D eigenvalue weighted by atomic mass is 10.2. The van der Waals surface area contributed by atoms with Gasteiger partial charge in [-0.2, -0.15) is 0 Å². The highest BCUT2D eigenvalue weighted by molar-refractivity contribution is 6.17. The first kappa shape index (κ1) is 10.9. The van der Waals surface area contributed by atoms with E-state index in [9.17, 15) is 0 Å². The summed E-state index contributed by atoms with van der Waals surface area (Å²) in [7, 11) is 0.647. The van der Waals surface area contributed by atoms with Gasteiger partial charge in [0.15, 0.2) is 5.58 Å². The second kappa shape index (κ2) is 4.54. The number of nitrogens with zero attached hydrogens (tertiary/aromatic N) is 1. The molecule has 0 unspecified atom stereocenters. The SMILES string of the molecule is O[B]Oc1ccc(-c2nc3ccccc3o2)cc1. The number of aromatic nitrogens is 1. The van der Waals surface area contributed by atoms with Crippen molar-refractivity contribution in [2.75, 3.05) is 0 Å². The number of fused-ring (bicyclic) bond motifs is 1. The Kier molecular flexibility index (Phi) is 2.74. The number of rotatable bonds is 3. The molecule has 0 amide bonds. The van der Waals surface area contributed by atoms with E-state index < -0.39 is 0 Å². The van der Waals surface area contributed by atoms with Crippen LogP contribution in [0, 0.1) is 0 Å². The van der Waals surface area contributed by atoms with Crippen molar-refractivity contribution in [3.05, 3.63) is 48.5 Å². The Balaban J connectivity index is 1.98. The molecule has 4 nitrogen and oxygen atoms in total. The molecule has 0 saturated carbocycles. The zero-order valence-corrected chi connectivity index (χ0v) is 9.41. The van der Waals surface area contributed by atoms with Crippen LogP contribution in [0.5, 0.6) is 5.75 Å². The van der Waals surface area contributed by atoms with Crippen molar-refractivity contribution in [2.24, 2.45) is 0 Å². The standard InChI is InChI=1S/C13H9BNO3/c16-14-18-10-7-5-9(6-8-10)13-15-11-3-1-2-4-12(11)17-13/h1-8,16H. The topological polar surface area (TPSA) is 55.5 Å². The fourth-order valence-corrected chi connectivity index (χ4v) is 1.73. The lowest BCUT2D eigenvalue weighted by Crippen LogP contribution is -1.99. The van der Waals surface area contributed by atoms with Crippen LogP contribution in [-0.2, 0) is 0 Å². The maximum Gasteiger partial charge on any atom is 0.569 e. The van der Waals surface area contributed by atoms with E-state index in [4.69, 9.17) is 14.1 Å². The molecule has 0 aliphatic rings. The molecule has 0 aliphatic heterocycles. The van der Waals surface area contributed by atoms with Gasteiger partial charge in [0.25, 0.3) is 0 Å². The zero-order valence-electron chi connectivity index (χ0n) is 9.41. The van der Waals surface area contributed by atoms with Crippen molar-refractivity contribution in [2.45, 2.75) is 0 Å². The Morgan fingerprint density at radius 2 is 1.83 bits per heavy atom. The third-order valence-electron chi connectivity index (χ3n) is 2.58. The van der Waals surface area contributed by atoms with Gasteiger partial charge in [-0.15, -0.1) is 0 Å². The van der Waals surface area contributed by atoms with Crippen LogP contribution >= 0.6 is 0 Å². The van der Waals surface area contributed by atoms with Crippen molar-refractivity contribution in [1.82, 2.24) is 4.98 Å². The van der Waals surface area contributed by atoms with Crippen LogP contribution in [0.1, 0.15) is 0 Å². The third kappa shape index (κ3) is 1.96. The zero-order chi connectivity index (χ0) is 12.4. The van der Waals surface area contributed by atoms with Crippen molar-refractivity contribution in [1.29, 1.82) is 0 Å². The average molecular weight is 238 g/mol. The highest BCUT2D eigenvalue weighted by atomic mass is 16.5. The van der Waals surface area contributed by atoms with Gasteiger partial charge in [-0.05, 0) is 36.4 Å². The summed E-state index contributed by atoms with van der Waals surface area (Å²) in [5.74, 6) is 1.12. The Morgan fingerprint density at radius 1 is 1.06 bits per heavy atom. The third-order valence-corrected chi connectivity index (χ3v) is 2.58. The molecule has 0 bridgehead atoms. The first-order valence-electron chi connectivity index (χ1n) is 5.45. The van der Waals surface area contributed by atoms with Crippen molar-refractivity contribution in [3.63, 3.8) is 0 Å². The van der Waals surface area contributed by atoms with Gasteiger partial charge in [0.05, 0.1) is 0 Å². The maximum atomic E-state index is 8.52. The molecular weight excluding hydrogens is 229 g/mol. The van der Waals surface area contributed by atoms with Crippen LogP contribution in [0.2, 0.25) is 0 Å². The number of para-hydroxylation sites is 2. The molecule has 5 heteroatoms. The van der Waals surface area contributed by atoms with Gasteiger partial charge in [-0.1, -0.05) is 12.1 Å². The summed E-state index contributed by atoms with van der Waals surface area (Å²) in [6, 6.07) is 14.7. The molecule has 2 aromatic carbocycles. The van der Waals surface area contributed by atoms with Gasteiger partial charge >= 0.3 is 7.69 Å². The van der Waals surface area contributed by atoms with Crippen LogP contribution < -0.4 is 4.65 Å². The van der Waals surface area contributed by atoms with E-state index in [1.165, 1.54) is 0 Å². The van der Waals surface area contributed by atoms with Crippen LogP contribution in [-0.4, -0.2) is 17.7 Å². The second-order valence-electron chi connectivity index (χ2n) is 3.73. The van der Waals surface area contributed by atoms with E-state index >= 15 is 0 Å². The summed E-state index contributed by atoms with van der Waals surface area (Å²) in [5, 5.41) is 8.52. The molecule has 0 aliphatic carbocycles. The van der Waals surface area contributed by atoms with E-state index in [-0.39, 0.29) is 0 Å². The molecule has 0 fully saturated rings. The minimum Gasteiger partial charge on any atom is -0.537 e. The van der Waals surface area contributed by atoms with E-state index in [2.05, 4.69) is 4.98 Å². The first-order chi connectivity index (χ1) is 8.86. The molecular formula is C13H9BNO3. The molecule has 3 rings (SSSR count). The molecule has 1 radical (unpaired) electrons. The molecule has 87 valence electrons. The minimum absolute atomic E-state index is 0.553. The number of benzene rings is 2. The highest BCUT2D eigenvalue weighted by Gasteiger charge is 2.07. The average Bonchev–Trinajstić information content (AvgIpc) is 2.84. The summed E-state index contributed by atoms with van der Waals surface area (Å²) in [4.78, 5) is 4.39. The molecule has 1 N–H and O–H groups in total. The van der Waals surface area contributed by atoms with Gasteiger partial charge in [0.2, 0.25) is 5.89 Å². The van der Waals surface area contributed by atoms with Crippen LogP contribution in [0.15, 0.2) is 52.9 Å². The number of hydrogen-bond acceptors (Lipinski definition) is 4. The van der Waals surface area contributed by atoms with Gasteiger partial charge in [-0.3, -0.25) is 0 Å². The summed E-state index contributed by atoms with van der Waals surface area (Å²) in [6.45, 7) is 0. The Labute approximate surface area is 104 Å². The van der Waals surface area contributed by atoms with Crippen molar-refractivity contribution < 1.29 is 14.1 Å². The first-order valence-corrected chi connectivity index (χ1v) is 5.45. The highest BCUT2D eigenvalue weighted by Crippen LogP contribution is 2.25. The molecule has 0 saturated heterocycles. The minimum atomic E-state index is 0.553. The van der Waals surface area contributed by atoms with Gasteiger partial charge in [0.1, 0.15) is 11.3 Å². The molecule has 0 spiro atoms. The molecule has 0 atom stereocenters. The molecule has 1 heterocycles. The lowest BCUT2D eigenvalue weighted by Gasteiger charge is -2.01. The normalized spacial score (nSPS) is 10.5. The Morgan fingerprint density at radius 3 is 2.56 bits per heavy atom. The van der Waals surface area contributed by atoms with Crippen LogP contribution in [0.3, 0.4) is 0 Å². The maximum absolute atomic E-state index is 8.52. The van der Waals surface area contributed by atoms with E-state index in [0.717, 1.165) is 16.7 Å². The molecule has 18 heavy (non-hydrogen) atoms. The smallest absolute Gasteiger partial charge is 0.537 e. The summed E-state index contributed by atoms with van der Waals surface area (Å²) < 4.78 is 10.5. The van der Waals surface area contributed by atoms with Gasteiger partial charge < -0.3 is 14.1 Å². The fourth-order valence-electron chi connectivity index (χ4n) is 1.73. The predicted octanol–water partition coefficient (Wildman–Crippen LogP) is 2.40. The second-order valence-corrected chi connectivity index (χ2v) is 3.73. The quantitative estimate of drug-likeness (QED) is 0.711. The fraction of sp³-hybridized carbons (Fsp3) is 0. The van der Waals surface area contributed by atoms with E-state index in [1.807, 2.05) is 36.4 Å². The number of hydrogen-bond donors (Lipinski definition) is 1. The van der Waals surface area contributed by atoms with Crippen molar-refractivity contribution in [3.8, 4) is 17.2 Å². The van der Waals surface area contributed by atoms with Crippen molar-refractivity contribution >= 4 is 18.8 Å². The molecule has 1 aromatic heterocycles. The summed E-state index contributed by atoms with van der Waals surface area (Å²) >= 11 is 0. The monoisotopic (exact) mass is 238 g/mol. The number of oxazole rings is 1. The Bertz CT molecular complexity index is 630. The molecule has 3 aromatic rings.